The van der Waals surface area contributed by atoms with Crippen LogP contribution in [0.25, 0.3) is 22.3 Å². The van der Waals surface area contributed by atoms with Gasteiger partial charge in [-0.1, -0.05) is 0 Å². The van der Waals surface area contributed by atoms with Gasteiger partial charge in [-0.15, -0.1) is 0 Å². The highest BCUT2D eigenvalue weighted by atomic mass is 32.1. The average molecular weight is 228 g/mol. The van der Waals surface area contributed by atoms with Crippen molar-refractivity contribution in [1.29, 1.82) is 0 Å². The Bertz CT molecular complexity index is 686. The van der Waals surface area contributed by atoms with Crippen molar-refractivity contribution < 1.29 is 0 Å². The van der Waals surface area contributed by atoms with Crippen molar-refractivity contribution >= 4 is 22.4 Å². The summed E-state index contributed by atoms with van der Waals surface area (Å²) in [6, 6.07) is 9.22. The summed E-state index contributed by atoms with van der Waals surface area (Å²) in [4.78, 5) is 18.3. The highest BCUT2D eigenvalue weighted by molar-refractivity contribution is 7.08. The fourth-order valence-electron chi connectivity index (χ4n) is 1.60. The lowest BCUT2D eigenvalue weighted by atomic mass is 10.2. The summed E-state index contributed by atoms with van der Waals surface area (Å²) in [6.45, 7) is 0. The molecule has 3 heterocycles. The van der Waals surface area contributed by atoms with Gasteiger partial charge in [0, 0.05) is 22.4 Å². The van der Waals surface area contributed by atoms with Crippen molar-refractivity contribution in [2.75, 3.05) is 0 Å². The van der Waals surface area contributed by atoms with E-state index in [9.17, 15) is 4.79 Å². The fraction of sp³-hybridized carbons (Fsp3) is 0. The maximum absolute atomic E-state index is 11.2. The van der Waals surface area contributed by atoms with E-state index in [4.69, 9.17) is 0 Å². The molecule has 0 amide bonds. The van der Waals surface area contributed by atoms with E-state index in [1.165, 1.54) is 6.07 Å². The van der Waals surface area contributed by atoms with E-state index in [1.807, 2.05) is 29.0 Å². The molecule has 16 heavy (non-hydrogen) atoms. The molecule has 0 saturated heterocycles. The SMILES string of the molecule is O=c1ccc2ccc(-c3ccsc3)nc2[nH]1. The number of thiophene rings is 1. The van der Waals surface area contributed by atoms with Crippen LogP contribution in [-0.2, 0) is 0 Å². The second-order valence-corrected chi connectivity index (χ2v) is 4.25. The Balaban J connectivity index is 2.26. The summed E-state index contributed by atoms with van der Waals surface area (Å²) in [6.07, 6.45) is 0. The molecule has 3 nitrogen and oxygen atoms in total. The van der Waals surface area contributed by atoms with Crippen LogP contribution in [0.15, 0.2) is 45.9 Å². The Kier molecular flexibility index (Phi) is 2.08. The minimum absolute atomic E-state index is 0.123. The van der Waals surface area contributed by atoms with Crippen molar-refractivity contribution in [3.8, 4) is 11.3 Å². The molecule has 0 bridgehead atoms. The van der Waals surface area contributed by atoms with Gasteiger partial charge in [-0.2, -0.15) is 11.3 Å². The van der Waals surface area contributed by atoms with Gasteiger partial charge in [0.25, 0.3) is 0 Å². The average Bonchev–Trinajstić information content (AvgIpc) is 2.81. The van der Waals surface area contributed by atoms with E-state index in [1.54, 1.807) is 17.4 Å². The molecule has 3 aromatic rings. The van der Waals surface area contributed by atoms with Crippen molar-refractivity contribution in [1.82, 2.24) is 9.97 Å². The first-order valence-corrected chi connectivity index (χ1v) is 5.80. The van der Waals surface area contributed by atoms with Crippen LogP contribution in [0, 0.1) is 0 Å². The van der Waals surface area contributed by atoms with Crippen LogP contribution < -0.4 is 5.56 Å². The predicted octanol–water partition coefficient (Wildman–Crippen LogP) is 2.65. The summed E-state index contributed by atoms with van der Waals surface area (Å²) in [5, 5.41) is 4.99. The maximum atomic E-state index is 11.2. The number of hydrogen-bond donors (Lipinski definition) is 1. The molecule has 4 heteroatoms. The zero-order chi connectivity index (χ0) is 11.0. The first kappa shape index (κ1) is 9.30. The van der Waals surface area contributed by atoms with Gasteiger partial charge in [0.1, 0.15) is 5.65 Å². The number of nitrogens with one attached hydrogen (secondary N) is 1. The highest BCUT2D eigenvalue weighted by Gasteiger charge is 2.01. The molecule has 78 valence electrons. The van der Waals surface area contributed by atoms with Gasteiger partial charge in [0.05, 0.1) is 5.69 Å². The normalized spacial score (nSPS) is 10.8. The van der Waals surface area contributed by atoms with Gasteiger partial charge in [-0.3, -0.25) is 4.79 Å². The summed E-state index contributed by atoms with van der Waals surface area (Å²) < 4.78 is 0. The third-order valence-electron chi connectivity index (χ3n) is 2.40. The van der Waals surface area contributed by atoms with Crippen LogP contribution in [0.1, 0.15) is 0 Å². The molecule has 3 rings (SSSR count). The summed E-state index contributed by atoms with van der Waals surface area (Å²) in [5.74, 6) is 0. The van der Waals surface area contributed by atoms with E-state index < -0.39 is 0 Å². The van der Waals surface area contributed by atoms with Gasteiger partial charge in [-0.05, 0) is 29.6 Å². The number of aromatic amines is 1. The van der Waals surface area contributed by atoms with Gasteiger partial charge in [0.15, 0.2) is 0 Å². The molecule has 0 fully saturated rings. The van der Waals surface area contributed by atoms with Crippen molar-refractivity contribution in [2.24, 2.45) is 0 Å². The molecule has 0 spiro atoms. The number of nitrogens with zero attached hydrogens (tertiary/aromatic N) is 1. The maximum Gasteiger partial charge on any atom is 0.249 e. The van der Waals surface area contributed by atoms with Crippen LogP contribution in [0.3, 0.4) is 0 Å². The van der Waals surface area contributed by atoms with Gasteiger partial charge in [-0.25, -0.2) is 4.98 Å². The monoisotopic (exact) mass is 228 g/mol. The van der Waals surface area contributed by atoms with E-state index >= 15 is 0 Å². The number of aromatic nitrogens is 2. The van der Waals surface area contributed by atoms with Crippen LogP contribution >= 0.6 is 11.3 Å². The summed E-state index contributed by atoms with van der Waals surface area (Å²) in [7, 11) is 0. The topological polar surface area (TPSA) is 45.8 Å². The smallest absolute Gasteiger partial charge is 0.249 e. The van der Waals surface area contributed by atoms with E-state index in [2.05, 4.69) is 9.97 Å². The van der Waals surface area contributed by atoms with E-state index in [0.29, 0.717) is 5.65 Å². The molecule has 0 unspecified atom stereocenters. The molecule has 0 aromatic carbocycles. The third kappa shape index (κ3) is 1.53. The quantitative estimate of drug-likeness (QED) is 0.696. The Morgan fingerprint density at radius 1 is 1.12 bits per heavy atom. The van der Waals surface area contributed by atoms with E-state index in [0.717, 1.165) is 16.6 Å². The Morgan fingerprint density at radius 3 is 2.81 bits per heavy atom. The Morgan fingerprint density at radius 2 is 2.00 bits per heavy atom. The molecule has 1 N–H and O–H groups in total. The highest BCUT2D eigenvalue weighted by Crippen LogP contribution is 2.21. The first-order valence-electron chi connectivity index (χ1n) is 4.85. The molecule has 0 atom stereocenters. The number of hydrogen-bond acceptors (Lipinski definition) is 3. The number of rotatable bonds is 1. The minimum Gasteiger partial charge on any atom is -0.307 e. The lowest BCUT2D eigenvalue weighted by Crippen LogP contribution is -2.03. The van der Waals surface area contributed by atoms with Gasteiger partial charge in [0.2, 0.25) is 5.56 Å². The van der Waals surface area contributed by atoms with Crippen LogP contribution in [-0.4, -0.2) is 9.97 Å². The molecule has 3 aromatic heterocycles. The number of pyridine rings is 2. The van der Waals surface area contributed by atoms with Gasteiger partial charge < -0.3 is 4.98 Å². The molecular formula is C12H8N2OS. The zero-order valence-electron chi connectivity index (χ0n) is 8.31. The first-order chi connectivity index (χ1) is 7.83. The summed E-state index contributed by atoms with van der Waals surface area (Å²) >= 11 is 1.63. The lowest BCUT2D eigenvalue weighted by molar-refractivity contribution is 1.23. The van der Waals surface area contributed by atoms with Crippen LogP contribution in [0.4, 0.5) is 0 Å². The summed E-state index contributed by atoms with van der Waals surface area (Å²) in [5.41, 5.74) is 2.48. The molecule has 0 aliphatic rings. The number of H-pyrrole nitrogens is 1. The largest absolute Gasteiger partial charge is 0.307 e. The van der Waals surface area contributed by atoms with Crippen LogP contribution in [0.2, 0.25) is 0 Å². The Labute approximate surface area is 95.4 Å². The fourth-order valence-corrected chi connectivity index (χ4v) is 2.25. The molecule has 0 aliphatic heterocycles. The zero-order valence-corrected chi connectivity index (χ0v) is 9.12. The molecule has 0 aliphatic carbocycles. The minimum atomic E-state index is -0.123. The molecule has 0 radical (unpaired) electrons. The second-order valence-electron chi connectivity index (χ2n) is 3.47. The molecular weight excluding hydrogens is 220 g/mol. The van der Waals surface area contributed by atoms with Gasteiger partial charge >= 0.3 is 0 Å². The standard InChI is InChI=1S/C12H8N2OS/c15-11-4-2-8-1-3-10(13-12(8)14-11)9-5-6-16-7-9/h1-7H,(H,13,14,15). The lowest BCUT2D eigenvalue weighted by Gasteiger charge is -2.00. The van der Waals surface area contributed by atoms with Crippen molar-refractivity contribution in [2.45, 2.75) is 0 Å². The van der Waals surface area contributed by atoms with Crippen molar-refractivity contribution in [3.63, 3.8) is 0 Å². The van der Waals surface area contributed by atoms with Crippen molar-refractivity contribution in [3.05, 3.63) is 51.4 Å². The predicted molar refractivity (Wildman–Crippen MR) is 65.7 cm³/mol. The molecule has 0 saturated carbocycles. The number of fused-ring (bicyclic) bond motifs is 1. The van der Waals surface area contributed by atoms with E-state index in [-0.39, 0.29) is 5.56 Å². The second kappa shape index (κ2) is 3.57. The van der Waals surface area contributed by atoms with Crippen LogP contribution in [0.5, 0.6) is 0 Å². The Hall–Kier alpha value is -1.94. The third-order valence-corrected chi connectivity index (χ3v) is 3.08.